The van der Waals surface area contributed by atoms with E-state index in [1.165, 1.54) is 5.69 Å². The molecule has 2 aromatic rings. The maximum Gasteiger partial charge on any atom is 0.0553 e. The molecule has 0 atom stereocenters. The number of aromatic nitrogens is 1. The maximum absolute atomic E-state index is 3.37. The zero-order valence-corrected chi connectivity index (χ0v) is 8.27. The van der Waals surface area contributed by atoms with Crippen molar-refractivity contribution in [1.29, 1.82) is 0 Å². The highest BCUT2D eigenvalue weighted by molar-refractivity contribution is 5.42. The lowest BCUT2D eigenvalue weighted by atomic mass is 10.3. The summed E-state index contributed by atoms with van der Waals surface area (Å²) in [5.41, 5.74) is 2.45. The minimum absolute atomic E-state index is 0.869. The smallest absolute Gasteiger partial charge is 0.0553 e. The van der Waals surface area contributed by atoms with Crippen LogP contribution in [0.25, 0.3) is 0 Å². The Hall–Kier alpha value is -1.70. The van der Waals surface area contributed by atoms with E-state index in [1.54, 1.807) is 0 Å². The van der Waals surface area contributed by atoms with Gasteiger partial charge in [-0.05, 0) is 24.3 Å². The highest BCUT2D eigenvalue weighted by Crippen LogP contribution is 2.08. The van der Waals surface area contributed by atoms with Gasteiger partial charge >= 0.3 is 0 Å². The molecule has 0 spiro atoms. The Morgan fingerprint density at radius 2 is 1.86 bits per heavy atom. The van der Waals surface area contributed by atoms with E-state index in [1.807, 2.05) is 18.2 Å². The van der Waals surface area contributed by atoms with Gasteiger partial charge in [-0.3, -0.25) is 0 Å². The van der Waals surface area contributed by atoms with Gasteiger partial charge in [0.15, 0.2) is 0 Å². The van der Waals surface area contributed by atoms with E-state index in [-0.39, 0.29) is 0 Å². The van der Waals surface area contributed by atoms with Crippen molar-refractivity contribution in [3.8, 4) is 0 Å². The van der Waals surface area contributed by atoms with E-state index >= 15 is 0 Å². The van der Waals surface area contributed by atoms with Crippen LogP contribution in [0.4, 0.5) is 5.69 Å². The maximum atomic E-state index is 3.37. The van der Waals surface area contributed by atoms with Crippen molar-refractivity contribution in [3.05, 3.63) is 54.4 Å². The summed E-state index contributed by atoms with van der Waals surface area (Å²) in [6, 6.07) is 14.4. The van der Waals surface area contributed by atoms with Crippen LogP contribution in [0.5, 0.6) is 0 Å². The summed E-state index contributed by atoms with van der Waals surface area (Å²) >= 11 is 0. The molecule has 2 nitrogen and oxygen atoms in total. The molecule has 0 aliphatic carbocycles. The van der Waals surface area contributed by atoms with Gasteiger partial charge in [0.25, 0.3) is 0 Å². The molecule has 0 saturated carbocycles. The first-order valence-corrected chi connectivity index (χ1v) is 4.75. The number of anilines is 1. The number of benzene rings is 1. The number of nitrogens with one attached hydrogen (secondary N) is 1. The number of nitrogens with zero attached hydrogens (tertiary/aromatic N) is 1. The van der Waals surface area contributed by atoms with Crippen LogP contribution in [0.3, 0.4) is 0 Å². The Morgan fingerprint density at radius 1 is 1.07 bits per heavy atom. The predicted molar refractivity (Wildman–Crippen MR) is 59.2 cm³/mol. The van der Waals surface area contributed by atoms with Crippen LogP contribution in [-0.2, 0) is 13.6 Å². The molecule has 72 valence electrons. The summed E-state index contributed by atoms with van der Waals surface area (Å²) in [6.07, 6.45) is 2.06. The lowest BCUT2D eigenvalue weighted by Gasteiger charge is -2.06. The quantitative estimate of drug-likeness (QED) is 0.779. The number of hydrogen-bond acceptors (Lipinski definition) is 1. The van der Waals surface area contributed by atoms with E-state index in [9.17, 15) is 0 Å². The molecule has 1 aromatic carbocycles. The van der Waals surface area contributed by atoms with Crippen molar-refractivity contribution >= 4 is 5.69 Å². The van der Waals surface area contributed by atoms with Crippen LogP contribution >= 0.6 is 0 Å². The van der Waals surface area contributed by atoms with Gasteiger partial charge in [0.05, 0.1) is 6.54 Å². The van der Waals surface area contributed by atoms with E-state index in [0.29, 0.717) is 0 Å². The fourth-order valence-electron chi connectivity index (χ4n) is 1.43. The molecule has 1 aromatic heterocycles. The second-order valence-corrected chi connectivity index (χ2v) is 3.33. The van der Waals surface area contributed by atoms with Crippen molar-refractivity contribution < 1.29 is 0 Å². The third kappa shape index (κ3) is 1.96. The average molecular weight is 186 g/mol. The predicted octanol–water partition coefficient (Wildman–Crippen LogP) is 2.64. The minimum Gasteiger partial charge on any atom is -0.379 e. The molecule has 2 rings (SSSR count). The van der Waals surface area contributed by atoms with E-state index in [2.05, 4.69) is 47.4 Å². The normalized spacial score (nSPS) is 10.1. The highest BCUT2D eigenvalue weighted by Gasteiger charge is 1.95. The fraction of sp³-hybridized carbons (Fsp3) is 0.167. The van der Waals surface area contributed by atoms with Gasteiger partial charge in [-0.15, -0.1) is 0 Å². The lowest BCUT2D eigenvalue weighted by Crippen LogP contribution is -2.03. The summed E-state index contributed by atoms with van der Waals surface area (Å²) in [6.45, 7) is 0.869. The van der Waals surface area contributed by atoms with Gasteiger partial charge in [0.1, 0.15) is 0 Å². The third-order valence-corrected chi connectivity index (χ3v) is 2.30. The summed E-state index contributed by atoms with van der Waals surface area (Å²) in [5, 5.41) is 3.37. The number of para-hydroxylation sites is 1. The summed E-state index contributed by atoms with van der Waals surface area (Å²) in [7, 11) is 2.06. The number of rotatable bonds is 3. The zero-order valence-electron chi connectivity index (χ0n) is 8.27. The van der Waals surface area contributed by atoms with Gasteiger partial charge in [-0.25, -0.2) is 0 Å². The summed E-state index contributed by atoms with van der Waals surface area (Å²) < 4.78 is 2.12. The molecule has 0 saturated heterocycles. The monoisotopic (exact) mass is 186 g/mol. The van der Waals surface area contributed by atoms with Crippen LogP contribution in [0.1, 0.15) is 5.69 Å². The molecule has 14 heavy (non-hydrogen) atoms. The molecule has 0 aliphatic rings. The van der Waals surface area contributed by atoms with Gasteiger partial charge in [-0.1, -0.05) is 18.2 Å². The standard InChI is InChI=1S/C12H14N2/c1-14-9-5-8-12(14)10-13-11-6-3-2-4-7-11/h2-9,13H,10H2,1H3. The molecular weight excluding hydrogens is 172 g/mol. The van der Waals surface area contributed by atoms with Crippen LogP contribution in [0.15, 0.2) is 48.7 Å². The van der Waals surface area contributed by atoms with Crippen molar-refractivity contribution in [1.82, 2.24) is 4.57 Å². The minimum atomic E-state index is 0.869. The van der Waals surface area contributed by atoms with Crippen molar-refractivity contribution in [2.45, 2.75) is 6.54 Å². The molecule has 0 aliphatic heterocycles. The van der Waals surface area contributed by atoms with E-state index in [0.717, 1.165) is 12.2 Å². The van der Waals surface area contributed by atoms with E-state index < -0.39 is 0 Å². The van der Waals surface area contributed by atoms with Crippen LogP contribution < -0.4 is 5.32 Å². The van der Waals surface area contributed by atoms with Gasteiger partial charge in [0, 0.05) is 24.6 Å². The van der Waals surface area contributed by atoms with Crippen molar-refractivity contribution in [2.75, 3.05) is 5.32 Å². The first-order chi connectivity index (χ1) is 6.86. The molecule has 0 fully saturated rings. The topological polar surface area (TPSA) is 17.0 Å². The highest BCUT2D eigenvalue weighted by atomic mass is 15.0. The Kier molecular flexibility index (Phi) is 2.54. The molecule has 0 amide bonds. The Morgan fingerprint density at radius 3 is 2.50 bits per heavy atom. The Balaban J connectivity index is 1.99. The van der Waals surface area contributed by atoms with Crippen molar-refractivity contribution in [2.24, 2.45) is 7.05 Å². The molecule has 1 N–H and O–H groups in total. The zero-order chi connectivity index (χ0) is 9.80. The molecule has 0 radical (unpaired) electrons. The number of hydrogen-bond donors (Lipinski definition) is 1. The Bertz CT molecular complexity index is 390. The second kappa shape index (κ2) is 4.01. The average Bonchev–Trinajstić information content (AvgIpc) is 2.63. The first kappa shape index (κ1) is 8.88. The van der Waals surface area contributed by atoms with Crippen LogP contribution in [0, 0.1) is 0 Å². The SMILES string of the molecule is Cn1cccc1CNc1ccccc1. The fourth-order valence-corrected chi connectivity index (χ4v) is 1.43. The van der Waals surface area contributed by atoms with Gasteiger partial charge in [-0.2, -0.15) is 0 Å². The largest absolute Gasteiger partial charge is 0.379 e. The van der Waals surface area contributed by atoms with Crippen LogP contribution in [-0.4, -0.2) is 4.57 Å². The lowest BCUT2D eigenvalue weighted by molar-refractivity contribution is 0.842. The second-order valence-electron chi connectivity index (χ2n) is 3.33. The molecular formula is C12H14N2. The molecule has 0 bridgehead atoms. The molecule has 1 heterocycles. The molecule has 0 unspecified atom stereocenters. The van der Waals surface area contributed by atoms with Crippen molar-refractivity contribution in [3.63, 3.8) is 0 Å². The number of aryl methyl sites for hydroxylation is 1. The van der Waals surface area contributed by atoms with E-state index in [4.69, 9.17) is 0 Å². The third-order valence-electron chi connectivity index (χ3n) is 2.30. The first-order valence-electron chi connectivity index (χ1n) is 4.75. The molecule has 2 heteroatoms. The Labute approximate surface area is 84.2 Å². The van der Waals surface area contributed by atoms with Gasteiger partial charge in [0.2, 0.25) is 0 Å². The summed E-state index contributed by atoms with van der Waals surface area (Å²) in [5.74, 6) is 0. The van der Waals surface area contributed by atoms with Crippen LogP contribution in [0.2, 0.25) is 0 Å². The summed E-state index contributed by atoms with van der Waals surface area (Å²) in [4.78, 5) is 0. The van der Waals surface area contributed by atoms with Gasteiger partial charge < -0.3 is 9.88 Å².